The summed E-state index contributed by atoms with van der Waals surface area (Å²) in [6.45, 7) is 3.16. The summed E-state index contributed by atoms with van der Waals surface area (Å²) < 4.78 is 44.3. The molecule has 2 heterocycles. The van der Waals surface area contributed by atoms with Crippen molar-refractivity contribution < 1.29 is 27.5 Å². The molecule has 2 fully saturated rings. The number of nitrogens with one attached hydrogen (secondary N) is 1. The van der Waals surface area contributed by atoms with Gasteiger partial charge in [-0.1, -0.05) is 48.0 Å². The van der Waals surface area contributed by atoms with Crippen LogP contribution in [-0.2, 0) is 30.5 Å². The Morgan fingerprint density at radius 1 is 0.875 bits per heavy atom. The van der Waals surface area contributed by atoms with Gasteiger partial charge in [0.15, 0.2) is 0 Å². The van der Waals surface area contributed by atoms with E-state index in [2.05, 4.69) is 10.2 Å². The zero-order chi connectivity index (χ0) is 28.3. The molecule has 6 nitrogen and oxygen atoms in total. The van der Waals surface area contributed by atoms with Crippen molar-refractivity contribution in [2.45, 2.75) is 44.3 Å². The number of nitrogens with zero attached hydrogens (tertiary/aromatic N) is 2. The van der Waals surface area contributed by atoms with E-state index in [1.165, 1.54) is 12.1 Å². The zero-order valence-corrected chi connectivity index (χ0v) is 22.5. The molecule has 0 aromatic heterocycles. The molecule has 1 N–H and O–H groups in total. The van der Waals surface area contributed by atoms with Gasteiger partial charge in [-0.3, -0.25) is 14.6 Å². The highest BCUT2D eigenvalue weighted by Crippen LogP contribution is 2.35. The standard InChI is InChI=1S/C30H29ClF3N3O3/c31-26-11-5-21(6-12-26)17-35-27(38)24-7-1-23(2-8-24)19-37-20-29(40-28(37)39)13-15-36(16-14-29)18-22-3-9-25(10-4-22)30(32,33)34/h1-12H,13-20H2,(H,35,38). The highest BCUT2D eigenvalue weighted by Gasteiger charge is 2.46. The molecular formula is C30H29ClF3N3O3. The summed E-state index contributed by atoms with van der Waals surface area (Å²) >= 11 is 5.90. The van der Waals surface area contributed by atoms with Gasteiger partial charge in [-0.25, -0.2) is 4.79 Å². The minimum Gasteiger partial charge on any atom is -0.441 e. The van der Waals surface area contributed by atoms with Crippen LogP contribution in [0.3, 0.4) is 0 Å². The molecule has 5 rings (SSSR count). The van der Waals surface area contributed by atoms with E-state index in [0.29, 0.717) is 62.7 Å². The second-order valence-corrected chi connectivity index (χ2v) is 10.8. The predicted molar refractivity (Wildman–Crippen MR) is 145 cm³/mol. The van der Waals surface area contributed by atoms with Crippen LogP contribution in [0.1, 0.15) is 45.5 Å². The molecule has 210 valence electrons. The van der Waals surface area contributed by atoms with Gasteiger partial charge in [0.1, 0.15) is 5.60 Å². The molecule has 40 heavy (non-hydrogen) atoms. The first-order chi connectivity index (χ1) is 19.1. The Hall–Kier alpha value is -3.56. The molecule has 3 aromatic rings. The van der Waals surface area contributed by atoms with E-state index >= 15 is 0 Å². The third-order valence-corrected chi connectivity index (χ3v) is 7.70. The number of amides is 2. The fourth-order valence-electron chi connectivity index (χ4n) is 5.12. The van der Waals surface area contributed by atoms with Crippen molar-refractivity contribution in [3.8, 4) is 0 Å². The van der Waals surface area contributed by atoms with Crippen LogP contribution in [0.25, 0.3) is 0 Å². The van der Waals surface area contributed by atoms with Crippen molar-refractivity contribution in [2.75, 3.05) is 19.6 Å². The quantitative estimate of drug-likeness (QED) is 0.363. The Bertz CT molecular complexity index is 1340. The lowest BCUT2D eigenvalue weighted by Gasteiger charge is -2.37. The van der Waals surface area contributed by atoms with E-state index in [1.54, 1.807) is 29.2 Å². The number of carbonyl (C=O) groups excluding carboxylic acids is 2. The number of likely N-dealkylation sites (tertiary alicyclic amines) is 1. The molecule has 3 aromatic carbocycles. The highest BCUT2D eigenvalue weighted by molar-refractivity contribution is 6.30. The van der Waals surface area contributed by atoms with Gasteiger partial charge < -0.3 is 10.1 Å². The number of carbonyl (C=O) groups is 2. The molecule has 0 radical (unpaired) electrons. The number of benzene rings is 3. The van der Waals surface area contributed by atoms with Gasteiger partial charge in [0.25, 0.3) is 5.91 Å². The normalized spacial score (nSPS) is 17.2. The lowest BCUT2D eigenvalue weighted by Crippen LogP contribution is -2.46. The van der Waals surface area contributed by atoms with Gasteiger partial charge in [-0.05, 0) is 53.1 Å². The van der Waals surface area contributed by atoms with Gasteiger partial charge in [0.2, 0.25) is 0 Å². The van der Waals surface area contributed by atoms with Crippen molar-refractivity contribution >= 4 is 23.6 Å². The molecular weight excluding hydrogens is 543 g/mol. The minimum atomic E-state index is -4.34. The van der Waals surface area contributed by atoms with Gasteiger partial charge in [-0.15, -0.1) is 0 Å². The number of rotatable bonds is 7. The van der Waals surface area contributed by atoms with Crippen molar-refractivity contribution in [3.63, 3.8) is 0 Å². The van der Waals surface area contributed by atoms with Crippen LogP contribution < -0.4 is 5.32 Å². The largest absolute Gasteiger partial charge is 0.441 e. The molecule has 0 aliphatic carbocycles. The molecule has 2 aliphatic heterocycles. The molecule has 0 atom stereocenters. The summed E-state index contributed by atoms with van der Waals surface area (Å²) in [7, 11) is 0. The van der Waals surface area contributed by atoms with E-state index in [0.717, 1.165) is 28.8 Å². The third-order valence-electron chi connectivity index (χ3n) is 7.45. The predicted octanol–water partition coefficient (Wildman–Crippen LogP) is 6.28. The second-order valence-electron chi connectivity index (χ2n) is 10.4. The maximum atomic E-state index is 12.8. The first-order valence-electron chi connectivity index (χ1n) is 13.1. The van der Waals surface area contributed by atoms with E-state index in [4.69, 9.17) is 16.3 Å². The van der Waals surface area contributed by atoms with Gasteiger partial charge in [0.05, 0.1) is 12.1 Å². The smallest absolute Gasteiger partial charge is 0.416 e. The second kappa shape index (κ2) is 11.5. The Morgan fingerprint density at radius 2 is 1.45 bits per heavy atom. The summed E-state index contributed by atoms with van der Waals surface area (Å²) in [4.78, 5) is 29.0. The monoisotopic (exact) mass is 571 g/mol. The summed E-state index contributed by atoms with van der Waals surface area (Å²) in [5.74, 6) is -0.191. The SMILES string of the molecule is O=C(NCc1ccc(Cl)cc1)c1ccc(CN2CC3(CCN(Cc4ccc(C(F)(F)F)cc4)CC3)OC2=O)cc1. The zero-order valence-electron chi connectivity index (χ0n) is 21.7. The maximum Gasteiger partial charge on any atom is 0.416 e. The van der Waals surface area contributed by atoms with Crippen molar-refractivity contribution in [3.05, 3.63) is 106 Å². The first kappa shape index (κ1) is 28.0. The summed E-state index contributed by atoms with van der Waals surface area (Å²) in [5, 5.41) is 3.52. The average molecular weight is 572 g/mol. The van der Waals surface area contributed by atoms with Crippen LogP contribution in [0.5, 0.6) is 0 Å². The number of alkyl halides is 3. The van der Waals surface area contributed by atoms with Gasteiger partial charge in [0, 0.05) is 56.2 Å². The van der Waals surface area contributed by atoms with E-state index in [-0.39, 0.29) is 12.0 Å². The van der Waals surface area contributed by atoms with Crippen LogP contribution in [0, 0.1) is 0 Å². The molecule has 10 heteroatoms. The van der Waals surface area contributed by atoms with Crippen LogP contribution in [-0.4, -0.2) is 47.0 Å². The van der Waals surface area contributed by atoms with Crippen molar-refractivity contribution in [2.24, 2.45) is 0 Å². The van der Waals surface area contributed by atoms with E-state index < -0.39 is 17.3 Å². The van der Waals surface area contributed by atoms with Crippen LogP contribution in [0.15, 0.2) is 72.8 Å². The van der Waals surface area contributed by atoms with E-state index in [9.17, 15) is 22.8 Å². The summed E-state index contributed by atoms with van der Waals surface area (Å²) in [6, 6.07) is 19.7. The number of hydrogen-bond acceptors (Lipinski definition) is 4. The van der Waals surface area contributed by atoms with Crippen LogP contribution in [0.4, 0.5) is 18.0 Å². The molecule has 2 saturated heterocycles. The topological polar surface area (TPSA) is 61.9 Å². The number of ether oxygens (including phenoxy) is 1. The van der Waals surface area contributed by atoms with Gasteiger partial charge >= 0.3 is 12.3 Å². The Morgan fingerprint density at radius 3 is 2.08 bits per heavy atom. The van der Waals surface area contributed by atoms with E-state index in [1.807, 2.05) is 24.3 Å². The molecule has 1 spiro atoms. The fraction of sp³-hybridized carbons (Fsp3) is 0.333. The minimum absolute atomic E-state index is 0.191. The Kier molecular flexibility index (Phi) is 8.05. The third kappa shape index (κ3) is 6.77. The Labute approximate surface area is 235 Å². The Balaban J connectivity index is 1.10. The summed E-state index contributed by atoms with van der Waals surface area (Å²) in [6.07, 6.45) is -3.39. The number of piperidine rings is 1. The van der Waals surface area contributed by atoms with Crippen LogP contribution >= 0.6 is 11.6 Å². The van der Waals surface area contributed by atoms with Crippen LogP contribution in [0.2, 0.25) is 5.02 Å². The molecule has 0 unspecified atom stereocenters. The van der Waals surface area contributed by atoms with Crippen molar-refractivity contribution in [1.29, 1.82) is 0 Å². The molecule has 2 aliphatic rings. The molecule has 2 amide bonds. The number of hydrogen-bond donors (Lipinski definition) is 1. The molecule has 0 bridgehead atoms. The lowest BCUT2D eigenvalue weighted by atomic mass is 9.91. The average Bonchev–Trinajstić information content (AvgIpc) is 3.23. The highest BCUT2D eigenvalue weighted by atomic mass is 35.5. The van der Waals surface area contributed by atoms with Gasteiger partial charge in [-0.2, -0.15) is 13.2 Å². The first-order valence-corrected chi connectivity index (χ1v) is 13.4. The van der Waals surface area contributed by atoms with Crippen molar-refractivity contribution in [1.82, 2.24) is 15.1 Å². The lowest BCUT2D eigenvalue weighted by molar-refractivity contribution is -0.137. The summed E-state index contributed by atoms with van der Waals surface area (Å²) in [5.41, 5.74) is 1.97. The molecule has 0 saturated carbocycles. The number of halogens is 4. The fourth-order valence-corrected chi connectivity index (χ4v) is 5.25. The maximum absolute atomic E-state index is 12.8.